The number of nitrogens with one attached hydrogen (secondary N) is 2. The van der Waals surface area contributed by atoms with E-state index in [1.807, 2.05) is 12.1 Å². The smallest absolute Gasteiger partial charge is 0.317 e. The van der Waals surface area contributed by atoms with Crippen molar-refractivity contribution in [1.82, 2.24) is 10.6 Å². The lowest BCUT2D eigenvalue weighted by Crippen LogP contribution is -2.44. The molecule has 0 aromatic heterocycles. The summed E-state index contributed by atoms with van der Waals surface area (Å²) in [4.78, 5) is 11.9. The lowest BCUT2D eigenvalue weighted by molar-refractivity contribution is 0.216. The second kappa shape index (κ2) is 7.71. The van der Waals surface area contributed by atoms with Crippen LogP contribution in [-0.2, 0) is 5.41 Å². The van der Waals surface area contributed by atoms with Gasteiger partial charge in [-0.3, -0.25) is 0 Å². The highest BCUT2D eigenvalue weighted by molar-refractivity contribution is 5.74. The van der Waals surface area contributed by atoms with Gasteiger partial charge in [0.15, 0.2) is 6.73 Å². The third-order valence-corrected chi connectivity index (χ3v) is 4.34. The van der Waals surface area contributed by atoms with E-state index in [1.54, 1.807) is 0 Å². The van der Waals surface area contributed by atoms with E-state index in [2.05, 4.69) is 44.4 Å². The molecule has 1 aliphatic carbocycles. The summed E-state index contributed by atoms with van der Waals surface area (Å²) in [6.45, 7) is 8.76. The quantitative estimate of drug-likeness (QED) is 0.815. The van der Waals surface area contributed by atoms with Crippen LogP contribution in [0.3, 0.4) is 0 Å². The average molecular weight is 318 g/mol. The molecular formula is C19H30N2O2. The number of benzene rings is 1. The summed E-state index contributed by atoms with van der Waals surface area (Å²) in [5, 5.41) is 5.83. The van der Waals surface area contributed by atoms with Gasteiger partial charge in [-0.2, -0.15) is 0 Å². The van der Waals surface area contributed by atoms with E-state index in [9.17, 15) is 4.79 Å². The van der Waals surface area contributed by atoms with Crippen LogP contribution in [-0.4, -0.2) is 18.8 Å². The van der Waals surface area contributed by atoms with Crippen molar-refractivity contribution < 1.29 is 9.53 Å². The van der Waals surface area contributed by atoms with Crippen molar-refractivity contribution >= 4 is 6.03 Å². The van der Waals surface area contributed by atoms with Crippen LogP contribution in [0.5, 0.6) is 5.75 Å². The Hall–Kier alpha value is -1.71. The topological polar surface area (TPSA) is 50.4 Å². The maximum Gasteiger partial charge on any atom is 0.317 e. The van der Waals surface area contributed by atoms with Gasteiger partial charge in [0.2, 0.25) is 0 Å². The molecule has 2 amide bonds. The van der Waals surface area contributed by atoms with Crippen LogP contribution in [0.15, 0.2) is 18.2 Å². The Kier molecular flexibility index (Phi) is 5.91. The van der Waals surface area contributed by atoms with Gasteiger partial charge in [0, 0.05) is 6.04 Å². The Bertz CT molecular complexity index is 529. The molecule has 0 unspecified atom stereocenters. The van der Waals surface area contributed by atoms with Crippen molar-refractivity contribution in [3.05, 3.63) is 29.3 Å². The zero-order valence-electron chi connectivity index (χ0n) is 14.9. The number of ether oxygens (including phenoxy) is 1. The molecule has 1 fully saturated rings. The molecule has 2 rings (SSSR count). The van der Waals surface area contributed by atoms with Crippen LogP contribution >= 0.6 is 0 Å². The summed E-state index contributed by atoms with van der Waals surface area (Å²) < 4.78 is 5.81. The number of amides is 2. The molecule has 1 saturated carbocycles. The van der Waals surface area contributed by atoms with Crippen LogP contribution in [0.2, 0.25) is 0 Å². The van der Waals surface area contributed by atoms with E-state index in [1.165, 1.54) is 24.8 Å². The fourth-order valence-electron chi connectivity index (χ4n) is 3.02. The zero-order chi connectivity index (χ0) is 16.9. The molecular weight excluding hydrogens is 288 g/mol. The number of hydrogen-bond donors (Lipinski definition) is 2. The first kappa shape index (κ1) is 17.6. The monoisotopic (exact) mass is 318 g/mol. The van der Waals surface area contributed by atoms with Gasteiger partial charge in [-0.1, -0.05) is 57.7 Å². The van der Waals surface area contributed by atoms with Crippen LogP contribution in [0.4, 0.5) is 4.79 Å². The van der Waals surface area contributed by atoms with Crippen molar-refractivity contribution in [2.45, 2.75) is 71.3 Å². The maximum absolute atomic E-state index is 11.9. The number of carbonyl (C=O) groups excluding carboxylic acids is 1. The zero-order valence-corrected chi connectivity index (χ0v) is 14.9. The molecule has 1 aliphatic rings. The number of hydrogen-bond acceptors (Lipinski definition) is 2. The summed E-state index contributed by atoms with van der Waals surface area (Å²) in [5.41, 5.74) is 2.38. The van der Waals surface area contributed by atoms with Crippen molar-refractivity contribution in [3.8, 4) is 5.75 Å². The van der Waals surface area contributed by atoms with E-state index in [0.717, 1.165) is 24.2 Å². The number of rotatable bonds is 4. The fraction of sp³-hybridized carbons (Fsp3) is 0.632. The molecule has 0 bridgehead atoms. The molecule has 4 nitrogen and oxygen atoms in total. The van der Waals surface area contributed by atoms with E-state index in [-0.39, 0.29) is 18.2 Å². The minimum absolute atomic E-state index is 0.00566. The Morgan fingerprint density at radius 2 is 1.91 bits per heavy atom. The predicted molar refractivity (Wildman–Crippen MR) is 93.9 cm³/mol. The number of aryl methyl sites for hydroxylation is 1. The van der Waals surface area contributed by atoms with Crippen LogP contribution in [0, 0.1) is 6.92 Å². The van der Waals surface area contributed by atoms with Crippen molar-refractivity contribution in [2.24, 2.45) is 0 Å². The second-order valence-corrected chi connectivity index (χ2v) is 7.52. The lowest BCUT2D eigenvalue weighted by atomic mass is 9.85. The summed E-state index contributed by atoms with van der Waals surface area (Å²) in [7, 11) is 0. The second-order valence-electron chi connectivity index (χ2n) is 7.52. The van der Waals surface area contributed by atoms with E-state index in [4.69, 9.17) is 4.74 Å². The number of urea groups is 1. The Balaban J connectivity index is 1.85. The summed E-state index contributed by atoms with van der Waals surface area (Å²) in [6, 6.07) is 6.34. The first-order chi connectivity index (χ1) is 10.9. The van der Waals surface area contributed by atoms with E-state index in [0.29, 0.717) is 6.04 Å². The van der Waals surface area contributed by atoms with Gasteiger partial charge < -0.3 is 15.4 Å². The van der Waals surface area contributed by atoms with Gasteiger partial charge in [0.1, 0.15) is 5.75 Å². The number of carbonyl (C=O) groups is 1. The van der Waals surface area contributed by atoms with Gasteiger partial charge >= 0.3 is 6.03 Å². The van der Waals surface area contributed by atoms with Crippen LogP contribution in [0.1, 0.15) is 64.0 Å². The first-order valence-corrected chi connectivity index (χ1v) is 8.64. The molecule has 4 heteroatoms. The Labute approximate surface area is 140 Å². The predicted octanol–water partition coefficient (Wildman–Crippen LogP) is 4.26. The van der Waals surface area contributed by atoms with E-state index < -0.39 is 0 Å². The summed E-state index contributed by atoms with van der Waals surface area (Å²) in [6.07, 6.45) is 5.87. The summed E-state index contributed by atoms with van der Waals surface area (Å²) in [5.74, 6) is 0.834. The highest BCUT2D eigenvalue weighted by atomic mass is 16.5. The van der Waals surface area contributed by atoms with Crippen molar-refractivity contribution in [2.75, 3.05) is 6.73 Å². The standard InChI is InChI=1S/C19H30N2O2/c1-14-10-11-17(16(12-14)19(2,3)4)23-13-20-18(22)21-15-8-6-5-7-9-15/h10-12,15H,5-9,13H2,1-4H3,(H2,20,21,22). The van der Waals surface area contributed by atoms with Gasteiger partial charge in [-0.05, 0) is 36.8 Å². The fourth-order valence-corrected chi connectivity index (χ4v) is 3.02. The molecule has 23 heavy (non-hydrogen) atoms. The highest BCUT2D eigenvalue weighted by Crippen LogP contribution is 2.31. The molecule has 1 aromatic carbocycles. The maximum atomic E-state index is 11.9. The van der Waals surface area contributed by atoms with Crippen LogP contribution in [0.25, 0.3) is 0 Å². The normalized spacial score (nSPS) is 16.0. The molecule has 0 spiro atoms. The molecule has 128 valence electrons. The van der Waals surface area contributed by atoms with Gasteiger partial charge in [-0.25, -0.2) is 4.79 Å². The first-order valence-electron chi connectivity index (χ1n) is 8.64. The van der Waals surface area contributed by atoms with Crippen molar-refractivity contribution in [1.29, 1.82) is 0 Å². The molecule has 0 heterocycles. The van der Waals surface area contributed by atoms with Crippen molar-refractivity contribution in [3.63, 3.8) is 0 Å². The van der Waals surface area contributed by atoms with Gasteiger partial charge in [0.25, 0.3) is 0 Å². The lowest BCUT2D eigenvalue weighted by Gasteiger charge is -2.24. The van der Waals surface area contributed by atoms with E-state index >= 15 is 0 Å². The summed E-state index contributed by atoms with van der Waals surface area (Å²) >= 11 is 0. The largest absolute Gasteiger partial charge is 0.473 e. The molecule has 2 N–H and O–H groups in total. The van der Waals surface area contributed by atoms with Crippen LogP contribution < -0.4 is 15.4 Å². The Morgan fingerprint density at radius 1 is 1.22 bits per heavy atom. The van der Waals surface area contributed by atoms with Gasteiger partial charge in [-0.15, -0.1) is 0 Å². The minimum atomic E-state index is -0.138. The average Bonchev–Trinajstić information content (AvgIpc) is 2.48. The molecule has 0 radical (unpaired) electrons. The third-order valence-electron chi connectivity index (χ3n) is 4.34. The SMILES string of the molecule is Cc1ccc(OCNC(=O)NC2CCCCC2)c(C(C)(C)C)c1. The molecule has 0 saturated heterocycles. The highest BCUT2D eigenvalue weighted by Gasteiger charge is 2.19. The molecule has 1 aromatic rings. The van der Waals surface area contributed by atoms with Gasteiger partial charge in [0.05, 0.1) is 0 Å². The Morgan fingerprint density at radius 3 is 2.57 bits per heavy atom. The third kappa shape index (κ3) is 5.45. The minimum Gasteiger partial charge on any atom is -0.473 e. The molecule has 0 atom stereocenters. The molecule has 0 aliphatic heterocycles.